The van der Waals surface area contributed by atoms with Gasteiger partial charge in [0.25, 0.3) is 0 Å². The average molecular weight is 603 g/mol. The molecule has 186 valence electrons. The van der Waals surface area contributed by atoms with Crippen molar-refractivity contribution in [2.24, 2.45) is 0 Å². The predicted molar refractivity (Wildman–Crippen MR) is 146 cm³/mol. The Balaban J connectivity index is -0.000000262. The molecule has 0 aromatic heterocycles. The molecule has 4 aromatic carbocycles. The number of fused-ring (bicyclic) bond motifs is 2. The monoisotopic (exact) mass is 600 g/mol. The first kappa shape index (κ1) is 40.5. The Labute approximate surface area is 237 Å². The fourth-order valence-electron chi connectivity index (χ4n) is 3.98. The predicted octanol–water partition coefficient (Wildman–Crippen LogP) is 1.78. The van der Waals surface area contributed by atoms with Crippen molar-refractivity contribution in [1.29, 1.82) is 0 Å². The van der Waals surface area contributed by atoms with E-state index in [4.69, 9.17) is 0 Å². The van der Waals surface area contributed by atoms with Crippen molar-refractivity contribution < 1.29 is 45.3 Å². The minimum atomic E-state index is -0.159. The van der Waals surface area contributed by atoms with Crippen LogP contribution in [0.2, 0.25) is 0 Å². The maximum atomic E-state index is 3.27. The fraction of sp³-hybridized carbons (Fsp3) is 0.172. The van der Waals surface area contributed by atoms with Gasteiger partial charge in [0.15, 0.2) is 0 Å². The summed E-state index contributed by atoms with van der Waals surface area (Å²) in [6.45, 7) is 10.8. The van der Waals surface area contributed by atoms with E-state index in [1.165, 1.54) is 52.3 Å². The van der Waals surface area contributed by atoms with Gasteiger partial charge in [0.2, 0.25) is 0 Å². The molecule has 1 aliphatic rings. The molecule has 4 aromatic rings. The number of rotatable bonds is 1. The molecule has 0 unspecified atom stereocenters. The number of aryl methyl sites for hydroxylation is 3. The molecular formula is C29H36Cl2Si2Zr-8. The van der Waals surface area contributed by atoms with Crippen molar-refractivity contribution in [3.8, 4) is 11.1 Å². The third kappa shape index (κ3) is 10.5. The zero-order valence-corrected chi connectivity index (χ0v) is 27.3. The molecule has 0 nitrogen and oxygen atoms in total. The third-order valence-electron chi connectivity index (χ3n) is 5.12. The first-order chi connectivity index (χ1) is 13.6. The molecule has 0 amide bonds. The van der Waals surface area contributed by atoms with E-state index < -0.39 is 0 Å². The fourth-order valence-corrected chi connectivity index (χ4v) is 3.98. The van der Waals surface area contributed by atoms with Gasteiger partial charge in [0.1, 0.15) is 0 Å². The van der Waals surface area contributed by atoms with Crippen LogP contribution in [0.15, 0.2) is 72.8 Å². The Bertz CT molecular complexity index is 1080. The molecule has 5 rings (SSSR count). The van der Waals surface area contributed by atoms with E-state index in [1.54, 1.807) is 11.1 Å². The summed E-state index contributed by atoms with van der Waals surface area (Å²) in [6.07, 6.45) is 3.79. The van der Waals surface area contributed by atoms with Crippen molar-refractivity contribution in [2.45, 2.75) is 33.1 Å². The molecule has 0 aliphatic heterocycles. The Kier molecular flexibility index (Phi) is 24.4. The Morgan fingerprint density at radius 2 is 1.47 bits per heavy atom. The van der Waals surface area contributed by atoms with E-state index >= 15 is 0 Å². The first-order valence-corrected chi connectivity index (χ1v) is 18.1. The van der Waals surface area contributed by atoms with Gasteiger partial charge in [-0.15, -0.1) is 28.5 Å². The zero-order chi connectivity index (χ0) is 19.9. The summed E-state index contributed by atoms with van der Waals surface area (Å²) in [5, 5.41) is 2.85. The van der Waals surface area contributed by atoms with E-state index in [2.05, 4.69) is 88.3 Å². The first-order valence-electron chi connectivity index (χ1n) is 9.68. The molecule has 0 N–H and O–H groups in total. The minimum absolute atomic E-state index is 0. The summed E-state index contributed by atoms with van der Waals surface area (Å²) in [5.74, 6) is 0. The topological polar surface area (TPSA) is 0 Å². The molecule has 0 saturated carbocycles. The van der Waals surface area contributed by atoms with Crippen LogP contribution in [0.25, 0.3) is 21.9 Å². The van der Waals surface area contributed by atoms with Crippen LogP contribution >= 0.6 is 0 Å². The summed E-state index contributed by atoms with van der Waals surface area (Å²) < 4.78 is 0. The molecule has 0 heterocycles. The van der Waals surface area contributed by atoms with E-state index in [0.717, 1.165) is 0 Å². The molecule has 0 fully saturated rings. The molecule has 34 heavy (non-hydrogen) atoms. The van der Waals surface area contributed by atoms with Crippen LogP contribution in [0, 0.1) is 43.6 Å². The number of hydrogen-bond acceptors (Lipinski definition) is 0. The second-order valence-corrected chi connectivity index (χ2v) is 13.8. The second kappa shape index (κ2) is 20.5. The molecule has 5 heteroatoms. The third-order valence-corrected chi connectivity index (χ3v) is 5.12. The van der Waals surface area contributed by atoms with Gasteiger partial charge < -0.3 is 54.5 Å². The van der Waals surface area contributed by atoms with Crippen molar-refractivity contribution >= 4 is 24.5 Å². The molecule has 0 bridgehead atoms. The van der Waals surface area contributed by atoms with Crippen LogP contribution < -0.4 is 24.8 Å². The van der Waals surface area contributed by atoms with Crippen LogP contribution in [0.5, 0.6) is 0 Å². The normalized spacial score (nSPS) is 9.59. The summed E-state index contributed by atoms with van der Waals surface area (Å²) in [5.41, 5.74) is 8.72. The van der Waals surface area contributed by atoms with Crippen LogP contribution in [-0.2, 0) is 33.3 Å². The van der Waals surface area contributed by atoms with Crippen LogP contribution in [-0.4, -0.2) is 13.8 Å². The van der Waals surface area contributed by atoms with E-state index in [1.807, 2.05) is 12.1 Å². The molecule has 1 aliphatic carbocycles. The van der Waals surface area contributed by atoms with Gasteiger partial charge in [-0.2, -0.15) is 24.3 Å². The SMILES string of the molecule is Cc1cc2c(-c3ccccc3)c3c(cc2[cH-]1)CCC3.Cc1cc[cH-]c1.[CH3-].[CH3-].[CH3-].[CH3-].[Cl-].[Cl-].[Si]=[Zr]=[Si]. The van der Waals surface area contributed by atoms with E-state index in [-0.39, 0.29) is 75.0 Å². The van der Waals surface area contributed by atoms with E-state index in [9.17, 15) is 0 Å². The van der Waals surface area contributed by atoms with Crippen LogP contribution in [0.1, 0.15) is 28.7 Å². The van der Waals surface area contributed by atoms with E-state index in [0.29, 0.717) is 0 Å². The number of halogens is 2. The van der Waals surface area contributed by atoms with Crippen LogP contribution in [0.4, 0.5) is 0 Å². The van der Waals surface area contributed by atoms with Crippen molar-refractivity contribution in [3.05, 3.63) is 125 Å². The Morgan fingerprint density at radius 1 is 0.853 bits per heavy atom. The summed E-state index contributed by atoms with van der Waals surface area (Å²) in [4.78, 5) is 0. The van der Waals surface area contributed by atoms with Crippen molar-refractivity contribution in [3.63, 3.8) is 0 Å². The average Bonchev–Trinajstić information content (AvgIpc) is 3.42. The summed E-state index contributed by atoms with van der Waals surface area (Å²) >= 11 is -0.159. The van der Waals surface area contributed by atoms with Crippen molar-refractivity contribution in [2.75, 3.05) is 0 Å². The maximum absolute atomic E-state index is 3.27. The van der Waals surface area contributed by atoms with Gasteiger partial charge in [0, 0.05) is 0 Å². The summed E-state index contributed by atoms with van der Waals surface area (Å²) in [7, 11) is 0. The van der Waals surface area contributed by atoms with Crippen molar-refractivity contribution in [1.82, 2.24) is 0 Å². The van der Waals surface area contributed by atoms with Crippen LogP contribution in [0.3, 0.4) is 0 Å². The van der Waals surface area contributed by atoms with Gasteiger partial charge in [0.05, 0.1) is 0 Å². The van der Waals surface area contributed by atoms with Gasteiger partial charge in [-0.3, -0.25) is 0 Å². The second-order valence-electron chi connectivity index (χ2n) is 7.23. The zero-order valence-electron chi connectivity index (χ0n) is 21.3. The van der Waals surface area contributed by atoms with Gasteiger partial charge in [-0.05, 0) is 24.8 Å². The standard InChI is InChI=1S/C19H17.C6H7.4CH3.2ClH.2Si.Zr/c1-13-10-16-12-15-8-5-9-17(15)19(18(16)11-13)14-6-3-2-4-7-14;1-6-4-2-3-5-6;;;;;;;;;/h2-4,6-7,10-12H,5,8-9H2,1H3;2-5H,1H3;4*1H3;2*1H;;;/q6*-1;;;;;/p-2. The molecule has 0 spiro atoms. The Morgan fingerprint density at radius 3 is 1.97 bits per heavy atom. The van der Waals surface area contributed by atoms with Gasteiger partial charge in [-0.1, -0.05) is 60.9 Å². The quantitative estimate of drug-likeness (QED) is 0.230. The summed E-state index contributed by atoms with van der Waals surface area (Å²) in [6, 6.07) is 26.2. The molecule has 4 radical (unpaired) electrons. The molecule has 0 saturated heterocycles. The Hall–Kier alpha value is -0.703. The van der Waals surface area contributed by atoms with Gasteiger partial charge in [-0.25, -0.2) is 11.6 Å². The molecular weight excluding hydrogens is 567 g/mol. The van der Waals surface area contributed by atoms with Gasteiger partial charge >= 0.3 is 34.2 Å². The number of hydrogen-bond donors (Lipinski definition) is 0. The number of benzene rings is 2. The molecule has 0 atom stereocenters.